The van der Waals surface area contributed by atoms with Gasteiger partial charge in [0, 0.05) is 0 Å². The zero-order chi connectivity index (χ0) is 18.7. The zero-order valence-electron chi connectivity index (χ0n) is 16.2. The molecule has 0 aliphatic heterocycles. The van der Waals surface area contributed by atoms with Crippen LogP contribution in [0.15, 0.2) is 41.8 Å². The summed E-state index contributed by atoms with van der Waals surface area (Å²) in [4.78, 5) is 0. The molecule has 0 amide bonds. The van der Waals surface area contributed by atoms with E-state index in [4.69, 9.17) is 16.0 Å². The molecule has 2 rings (SSSR count). The van der Waals surface area contributed by atoms with Crippen molar-refractivity contribution in [3.8, 4) is 0 Å². The van der Waals surface area contributed by atoms with Gasteiger partial charge >= 0.3 is 113 Å². The quantitative estimate of drug-likeness (QED) is 0.187. The van der Waals surface area contributed by atoms with Gasteiger partial charge in [-0.1, -0.05) is 43.8 Å². The summed E-state index contributed by atoms with van der Waals surface area (Å²) in [6, 6.07) is 8.26. The number of nitrogen functional groups attached to an aromatic ring is 1. The van der Waals surface area contributed by atoms with Gasteiger partial charge in [-0.05, 0) is 23.5 Å². The van der Waals surface area contributed by atoms with E-state index in [0.717, 1.165) is 12.0 Å². The summed E-state index contributed by atoms with van der Waals surface area (Å²) in [5.74, 6) is -0.188. The Bertz CT molecular complexity index is 838. The van der Waals surface area contributed by atoms with Crippen LogP contribution in [0.5, 0.6) is 0 Å². The van der Waals surface area contributed by atoms with Crippen LogP contribution in [-0.4, -0.2) is 13.0 Å². The molecular weight excluding hydrogens is 418 g/mol. The first kappa shape index (κ1) is 28.0. The summed E-state index contributed by atoms with van der Waals surface area (Å²) in [5, 5.41) is 0. The molecule has 2 atom stereocenters. The Labute approximate surface area is 246 Å². The molecule has 136 valence electrons. The largest absolute Gasteiger partial charge is 1.00 e. The predicted molar refractivity (Wildman–Crippen MR) is 96.9 cm³/mol. The van der Waals surface area contributed by atoms with Gasteiger partial charge in [-0.25, -0.2) is 0 Å². The van der Waals surface area contributed by atoms with Crippen LogP contribution < -0.4 is 114 Å². The van der Waals surface area contributed by atoms with Crippen molar-refractivity contribution in [3.05, 3.63) is 59.5 Å². The Kier molecular flexibility index (Phi) is 12.5. The third-order valence-corrected chi connectivity index (χ3v) is 4.73. The molecule has 0 radical (unpaired) electrons. The Balaban J connectivity index is 0.00000338. The van der Waals surface area contributed by atoms with E-state index in [2.05, 4.69) is 16.3 Å². The maximum absolute atomic E-state index is 11.0. The molecule has 0 saturated carbocycles. The minimum Gasteiger partial charge on any atom is -0.420 e. The van der Waals surface area contributed by atoms with E-state index in [1.807, 2.05) is 32.1 Å². The smallest absolute Gasteiger partial charge is 0.420 e. The van der Waals surface area contributed by atoms with E-state index in [-0.39, 0.29) is 114 Å². The SMILES string of the molecule is CCC1C(N)=[C-]C(OS(=O)(=O)O)=CC1(C=Cc1cc[c-]c(N)c1)CC.[K+].[K+]. The van der Waals surface area contributed by atoms with Crippen LogP contribution in [0.2, 0.25) is 0 Å². The van der Waals surface area contributed by atoms with Crippen LogP contribution in [-0.2, 0) is 14.6 Å². The van der Waals surface area contributed by atoms with Crippen molar-refractivity contribution in [2.24, 2.45) is 17.1 Å². The molecule has 5 N–H and O–H groups in total. The van der Waals surface area contributed by atoms with Crippen LogP contribution in [0.3, 0.4) is 0 Å². The molecule has 0 fully saturated rings. The van der Waals surface area contributed by atoms with Gasteiger partial charge in [-0.3, -0.25) is 4.55 Å². The van der Waals surface area contributed by atoms with Gasteiger partial charge in [0.15, 0.2) is 0 Å². The van der Waals surface area contributed by atoms with E-state index >= 15 is 0 Å². The molecule has 0 spiro atoms. The first-order valence-corrected chi connectivity index (χ1v) is 9.31. The molecule has 9 heteroatoms. The van der Waals surface area contributed by atoms with E-state index in [0.29, 0.717) is 17.8 Å². The Morgan fingerprint density at radius 3 is 2.52 bits per heavy atom. The standard InChI is InChI=1S/C18H22N2O4S.2K/c1-3-16-17(20)11-15(24-25(21,22)23)12-18(16,4-2)9-8-13-6-5-7-14(19)10-13;;/h5-6,8-10,12,16H,3-4,19-20H2,1-2H3,(H,21,22,23);;/q-2;2*+1. The van der Waals surface area contributed by atoms with E-state index in [1.54, 1.807) is 18.2 Å². The van der Waals surface area contributed by atoms with Gasteiger partial charge in [-0.15, -0.1) is 11.6 Å². The maximum Gasteiger partial charge on any atom is 1.00 e. The van der Waals surface area contributed by atoms with E-state index in [9.17, 15) is 8.42 Å². The number of nitrogens with two attached hydrogens (primary N) is 2. The summed E-state index contributed by atoms with van der Waals surface area (Å²) >= 11 is 0. The Hall–Kier alpha value is 1.02. The topological polar surface area (TPSA) is 116 Å². The monoisotopic (exact) mass is 440 g/mol. The number of allylic oxidation sites excluding steroid dienone is 4. The van der Waals surface area contributed by atoms with Gasteiger partial charge < -0.3 is 15.7 Å². The molecule has 6 nitrogen and oxygen atoms in total. The Morgan fingerprint density at radius 2 is 2.00 bits per heavy atom. The van der Waals surface area contributed by atoms with Crippen LogP contribution in [0.4, 0.5) is 5.69 Å². The maximum atomic E-state index is 11.0. The summed E-state index contributed by atoms with van der Waals surface area (Å²) in [5.41, 5.74) is 13.1. The number of hydrogen-bond donors (Lipinski definition) is 3. The van der Waals surface area contributed by atoms with Crippen molar-refractivity contribution in [2.75, 3.05) is 5.73 Å². The molecule has 27 heavy (non-hydrogen) atoms. The zero-order valence-corrected chi connectivity index (χ0v) is 23.3. The van der Waals surface area contributed by atoms with Crippen molar-refractivity contribution in [1.82, 2.24) is 0 Å². The molecule has 0 aromatic heterocycles. The van der Waals surface area contributed by atoms with E-state index in [1.165, 1.54) is 0 Å². The molecule has 1 aromatic rings. The second-order valence-electron chi connectivity index (χ2n) is 5.94. The molecule has 0 bridgehead atoms. The summed E-state index contributed by atoms with van der Waals surface area (Å²) in [7, 11) is -4.65. The number of rotatable bonds is 6. The van der Waals surface area contributed by atoms with Gasteiger partial charge in [0.2, 0.25) is 0 Å². The average Bonchev–Trinajstić information content (AvgIpc) is 2.51. The fraction of sp³-hybridized carbons (Fsp3) is 0.333. The fourth-order valence-electron chi connectivity index (χ4n) is 3.15. The minimum atomic E-state index is -4.65. The number of anilines is 1. The molecule has 2 unspecified atom stereocenters. The van der Waals surface area contributed by atoms with Crippen LogP contribution in [0, 0.1) is 23.5 Å². The fourth-order valence-corrected chi connectivity index (χ4v) is 3.46. The van der Waals surface area contributed by atoms with Crippen molar-refractivity contribution < 1.29 is 120 Å². The van der Waals surface area contributed by atoms with Gasteiger partial charge in [0.25, 0.3) is 0 Å². The number of benzene rings is 1. The first-order valence-electron chi connectivity index (χ1n) is 7.94. The third kappa shape index (κ3) is 7.99. The van der Waals surface area contributed by atoms with Crippen LogP contribution >= 0.6 is 0 Å². The van der Waals surface area contributed by atoms with Gasteiger partial charge in [-0.2, -0.15) is 38.8 Å². The number of hydrogen-bond acceptors (Lipinski definition) is 5. The van der Waals surface area contributed by atoms with E-state index < -0.39 is 15.8 Å². The summed E-state index contributed by atoms with van der Waals surface area (Å²) < 4.78 is 35.6. The van der Waals surface area contributed by atoms with Crippen molar-refractivity contribution >= 4 is 22.2 Å². The minimum absolute atomic E-state index is 0. The average molecular weight is 441 g/mol. The van der Waals surface area contributed by atoms with Crippen molar-refractivity contribution in [1.29, 1.82) is 0 Å². The van der Waals surface area contributed by atoms with Crippen molar-refractivity contribution in [3.63, 3.8) is 0 Å². The Morgan fingerprint density at radius 1 is 1.33 bits per heavy atom. The van der Waals surface area contributed by atoms with Crippen LogP contribution in [0.25, 0.3) is 6.08 Å². The summed E-state index contributed by atoms with van der Waals surface area (Å²) in [6.45, 7) is 3.97. The molecule has 0 heterocycles. The van der Waals surface area contributed by atoms with Crippen LogP contribution in [0.1, 0.15) is 32.3 Å². The molecule has 1 aliphatic rings. The molecule has 0 saturated heterocycles. The predicted octanol–water partition coefficient (Wildman–Crippen LogP) is -3.12. The molecule has 1 aliphatic carbocycles. The molecule has 1 aromatic carbocycles. The summed E-state index contributed by atoms with van der Waals surface area (Å²) in [6.07, 6.45) is 9.58. The van der Waals surface area contributed by atoms with Gasteiger partial charge in [0.1, 0.15) is 0 Å². The third-order valence-electron chi connectivity index (χ3n) is 4.34. The van der Waals surface area contributed by atoms with Gasteiger partial charge in [0.05, 0.1) is 0 Å². The second-order valence-corrected chi connectivity index (χ2v) is 6.96. The molecular formula is C18H22K2N2O4S. The first-order chi connectivity index (χ1) is 11.7. The second kappa shape index (κ2) is 12.0. The normalized spacial score (nSPS) is 22.3. The van der Waals surface area contributed by atoms with Crippen molar-refractivity contribution in [2.45, 2.75) is 26.7 Å².